The molecule has 0 radical (unpaired) electrons. The molecule has 0 atom stereocenters. The van der Waals surface area contributed by atoms with Gasteiger partial charge in [-0.15, -0.1) is 0 Å². The van der Waals surface area contributed by atoms with E-state index < -0.39 is 34.9 Å². The average molecular weight is 386 g/mol. The lowest BCUT2D eigenvalue weighted by Crippen LogP contribution is -2.04. The number of carboxylic acids is 1. The molecule has 10 heteroatoms. The lowest BCUT2D eigenvalue weighted by atomic mass is 10.2. The van der Waals surface area contributed by atoms with E-state index in [0.717, 1.165) is 25.3 Å². The normalized spacial score (nSPS) is 9.67. The summed E-state index contributed by atoms with van der Waals surface area (Å²) in [6.07, 6.45) is 0. The van der Waals surface area contributed by atoms with E-state index in [1.165, 1.54) is 14.2 Å². The lowest BCUT2D eigenvalue weighted by molar-refractivity contribution is 0.0594. The second-order valence-electron chi connectivity index (χ2n) is 4.80. The zero-order valence-electron chi connectivity index (χ0n) is 14.4. The van der Waals surface area contributed by atoms with Crippen molar-refractivity contribution in [3.8, 4) is 23.0 Å². The van der Waals surface area contributed by atoms with Gasteiger partial charge < -0.3 is 29.5 Å². The maximum absolute atomic E-state index is 13.1. The van der Waals surface area contributed by atoms with Gasteiger partial charge in [0.2, 0.25) is 0 Å². The molecule has 0 saturated carbocycles. The number of esters is 1. The Morgan fingerprint density at radius 3 is 1.59 bits per heavy atom. The number of methoxy groups -OCH3 is 3. The van der Waals surface area contributed by atoms with Crippen LogP contribution < -0.4 is 9.47 Å². The Morgan fingerprint density at radius 1 is 0.815 bits per heavy atom. The molecule has 2 rings (SSSR count). The molecule has 0 spiro atoms. The van der Waals surface area contributed by atoms with Gasteiger partial charge in [0.15, 0.2) is 23.0 Å². The summed E-state index contributed by atoms with van der Waals surface area (Å²) < 4.78 is 39.6. The minimum Gasteiger partial charge on any atom is -0.504 e. The van der Waals surface area contributed by atoms with Crippen LogP contribution in [0.1, 0.15) is 20.7 Å². The number of hydrogen-bond donors (Lipinski definition) is 3. The third kappa shape index (κ3) is 5.21. The van der Waals surface area contributed by atoms with Crippen molar-refractivity contribution < 1.29 is 47.9 Å². The molecule has 27 heavy (non-hydrogen) atoms. The quantitative estimate of drug-likeness (QED) is 0.686. The van der Waals surface area contributed by atoms with Gasteiger partial charge >= 0.3 is 11.9 Å². The van der Waals surface area contributed by atoms with Crippen molar-refractivity contribution in [1.82, 2.24) is 0 Å². The van der Waals surface area contributed by atoms with Crippen LogP contribution in [0, 0.1) is 11.6 Å². The summed E-state index contributed by atoms with van der Waals surface area (Å²) in [5, 5.41) is 26.7. The van der Waals surface area contributed by atoms with Gasteiger partial charge in [-0.3, -0.25) is 0 Å². The SMILES string of the molecule is COC(=O)c1cc(OC)c(O)cc1F.COc1cc(C(=O)O)c(F)cc1O. The Balaban J connectivity index is 0.000000271. The Morgan fingerprint density at radius 2 is 1.22 bits per heavy atom. The molecule has 0 heterocycles. The van der Waals surface area contributed by atoms with E-state index in [-0.39, 0.29) is 22.8 Å². The standard InChI is InChI=1S/C9H9FO4.C8H7FO4/c1-13-8-3-5(9(12)14-2)6(10)4-7(8)11;1-13-7-2-4(8(11)12)5(9)3-6(7)10/h3-4,11H,1-2H3;2-3,10H,1H3,(H,11,12). The van der Waals surface area contributed by atoms with Crippen LogP contribution in [0.15, 0.2) is 24.3 Å². The molecule has 2 aromatic carbocycles. The number of phenols is 2. The topological polar surface area (TPSA) is 123 Å². The van der Waals surface area contributed by atoms with E-state index in [1.807, 2.05) is 0 Å². The van der Waals surface area contributed by atoms with Crippen LogP contribution in [0.2, 0.25) is 0 Å². The monoisotopic (exact) mass is 386 g/mol. The number of rotatable bonds is 4. The lowest BCUT2D eigenvalue weighted by Gasteiger charge is -2.06. The van der Waals surface area contributed by atoms with Crippen LogP contribution in [0.4, 0.5) is 8.78 Å². The molecule has 0 aromatic heterocycles. The zero-order valence-corrected chi connectivity index (χ0v) is 14.4. The highest BCUT2D eigenvalue weighted by Gasteiger charge is 2.16. The Labute approximate surface area is 152 Å². The third-order valence-corrected chi connectivity index (χ3v) is 3.17. The molecule has 0 aliphatic carbocycles. The summed E-state index contributed by atoms with van der Waals surface area (Å²) in [6, 6.07) is 3.50. The number of carboxylic acid groups (broad SMARTS) is 1. The van der Waals surface area contributed by atoms with E-state index in [2.05, 4.69) is 9.47 Å². The molecule has 0 fully saturated rings. The van der Waals surface area contributed by atoms with Crippen molar-refractivity contribution in [2.24, 2.45) is 0 Å². The largest absolute Gasteiger partial charge is 0.504 e. The Hall–Kier alpha value is -3.56. The van der Waals surface area contributed by atoms with Crippen LogP contribution in [0.3, 0.4) is 0 Å². The van der Waals surface area contributed by atoms with E-state index in [1.54, 1.807) is 0 Å². The predicted molar refractivity (Wildman–Crippen MR) is 87.5 cm³/mol. The maximum Gasteiger partial charge on any atom is 0.340 e. The fraction of sp³-hybridized carbons (Fsp3) is 0.176. The second kappa shape index (κ2) is 9.22. The van der Waals surface area contributed by atoms with Crippen molar-refractivity contribution in [1.29, 1.82) is 0 Å². The van der Waals surface area contributed by atoms with Crippen molar-refractivity contribution in [3.63, 3.8) is 0 Å². The molecule has 0 aliphatic heterocycles. The number of ether oxygens (including phenoxy) is 3. The first-order valence-electron chi connectivity index (χ1n) is 7.10. The summed E-state index contributed by atoms with van der Waals surface area (Å²) in [7, 11) is 3.69. The Kier molecular flexibility index (Phi) is 7.34. The van der Waals surface area contributed by atoms with Crippen LogP contribution >= 0.6 is 0 Å². The van der Waals surface area contributed by atoms with Gasteiger partial charge in [0, 0.05) is 24.3 Å². The molecule has 8 nitrogen and oxygen atoms in total. The van der Waals surface area contributed by atoms with Gasteiger partial charge in [0.25, 0.3) is 0 Å². The summed E-state index contributed by atoms with van der Waals surface area (Å²) in [5.41, 5.74) is -0.809. The first-order valence-corrected chi connectivity index (χ1v) is 7.10. The van der Waals surface area contributed by atoms with Gasteiger partial charge in [0.1, 0.15) is 11.6 Å². The van der Waals surface area contributed by atoms with E-state index in [4.69, 9.17) is 20.1 Å². The van der Waals surface area contributed by atoms with Gasteiger partial charge in [-0.25, -0.2) is 18.4 Å². The number of carbonyl (C=O) groups excluding carboxylic acids is 1. The maximum atomic E-state index is 13.1. The molecule has 146 valence electrons. The molecule has 0 unspecified atom stereocenters. The fourth-order valence-corrected chi connectivity index (χ4v) is 1.84. The predicted octanol–water partition coefficient (Wildman–Crippen LogP) is 2.56. The van der Waals surface area contributed by atoms with Crippen LogP contribution in [0.5, 0.6) is 23.0 Å². The molecule has 3 N–H and O–H groups in total. The van der Waals surface area contributed by atoms with Gasteiger partial charge in [-0.05, 0) is 0 Å². The van der Waals surface area contributed by atoms with Crippen LogP contribution in [-0.2, 0) is 4.74 Å². The minimum atomic E-state index is -1.41. The molecule has 0 saturated heterocycles. The van der Waals surface area contributed by atoms with Crippen molar-refractivity contribution in [2.75, 3.05) is 21.3 Å². The van der Waals surface area contributed by atoms with E-state index in [0.29, 0.717) is 6.07 Å². The van der Waals surface area contributed by atoms with Crippen molar-refractivity contribution in [2.45, 2.75) is 0 Å². The fourth-order valence-electron chi connectivity index (χ4n) is 1.84. The number of phenolic OH excluding ortho intramolecular Hbond substituents is 2. The number of halogens is 2. The first-order chi connectivity index (χ1) is 12.7. The molecule has 0 amide bonds. The zero-order chi connectivity index (χ0) is 20.7. The Bertz CT molecular complexity index is 851. The molecular weight excluding hydrogens is 370 g/mol. The highest BCUT2D eigenvalue weighted by Crippen LogP contribution is 2.29. The summed E-state index contributed by atoms with van der Waals surface area (Å²) in [5.74, 6) is -4.91. The van der Waals surface area contributed by atoms with Crippen molar-refractivity contribution in [3.05, 3.63) is 47.0 Å². The molecule has 0 bridgehead atoms. The first kappa shape index (κ1) is 21.5. The summed E-state index contributed by atoms with van der Waals surface area (Å²) in [6.45, 7) is 0. The highest BCUT2D eigenvalue weighted by molar-refractivity contribution is 5.90. The van der Waals surface area contributed by atoms with Crippen LogP contribution in [0.25, 0.3) is 0 Å². The van der Waals surface area contributed by atoms with Gasteiger partial charge in [0.05, 0.1) is 32.5 Å². The highest BCUT2D eigenvalue weighted by atomic mass is 19.1. The number of aromatic carboxylic acids is 1. The summed E-state index contributed by atoms with van der Waals surface area (Å²) >= 11 is 0. The summed E-state index contributed by atoms with van der Waals surface area (Å²) in [4.78, 5) is 21.4. The van der Waals surface area contributed by atoms with Crippen LogP contribution in [-0.4, -0.2) is 48.6 Å². The number of carbonyl (C=O) groups is 2. The third-order valence-electron chi connectivity index (χ3n) is 3.17. The molecule has 2 aromatic rings. The molecular formula is C17H16F2O8. The molecule has 0 aliphatic rings. The van der Waals surface area contributed by atoms with Gasteiger partial charge in [-0.1, -0.05) is 0 Å². The number of hydrogen-bond acceptors (Lipinski definition) is 7. The van der Waals surface area contributed by atoms with Crippen molar-refractivity contribution >= 4 is 11.9 Å². The number of benzene rings is 2. The average Bonchev–Trinajstić information content (AvgIpc) is 2.61. The van der Waals surface area contributed by atoms with E-state index >= 15 is 0 Å². The second-order valence-corrected chi connectivity index (χ2v) is 4.80. The van der Waals surface area contributed by atoms with Gasteiger partial charge in [-0.2, -0.15) is 0 Å². The smallest absolute Gasteiger partial charge is 0.340 e. The minimum absolute atomic E-state index is 0.0202. The number of aromatic hydroxyl groups is 2. The van der Waals surface area contributed by atoms with E-state index in [9.17, 15) is 18.4 Å².